The first kappa shape index (κ1) is 11.4. The quantitative estimate of drug-likeness (QED) is 0.841. The molecule has 3 heteroatoms. The molecule has 0 spiro atoms. The molecule has 1 saturated heterocycles. The molecule has 88 valence electrons. The molecule has 3 nitrogen and oxygen atoms in total. The van der Waals surface area contributed by atoms with E-state index in [1.165, 1.54) is 25.9 Å². The van der Waals surface area contributed by atoms with E-state index in [0.29, 0.717) is 0 Å². The van der Waals surface area contributed by atoms with Crippen LogP contribution < -0.4 is 5.32 Å². The maximum absolute atomic E-state index is 4.24. The Balaban J connectivity index is 1.65. The van der Waals surface area contributed by atoms with Crippen molar-refractivity contribution < 1.29 is 0 Å². The standard InChI is InChI=1S/C13H21N3/c1-12-5-9-16(10-6-12)11-8-15-13-4-2-3-7-14-13/h2-4,7,12H,5-6,8-11H2,1H3,(H,14,15). The third-order valence-electron chi connectivity index (χ3n) is 3.28. The average molecular weight is 219 g/mol. The van der Waals surface area contributed by atoms with Gasteiger partial charge in [0.2, 0.25) is 0 Å². The molecule has 0 bridgehead atoms. The Morgan fingerprint density at radius 1 is 1.38 bits per heavy atom. The number of likely N-dealkylation sites (tertiary alicyclic amines) is 1. The number of nitrogens with one attached hydrogen (secondary N) is 1. The zero-order valence-corrected chi connectivity index (χ0v) is 10.0. The third-order valence-corrected chi connectivity index (χ3v) is 3.28. The van der Waals surface area contributed by atoms with Gasteiger partial charge in [-0.05, 0) is 44.0 Å². The molecule has 0 unspecified atom stereocenters. The van der Waals surface area contributed by atoms with Gasteiger partial charge in [0, 0.05) is 19.3 Å². The second-order valence-electron chi connectivity index (χ2n) is 4.67. The molecule has 0 atom stereocenters. The summed E-state index contributed by atoms with van der Waals surface area (Å²) in [5.41, 5.74) is 0. The minimum atomic E-state index is 0.917. The van der Waals surface area contributed by atoms with Gasteiger partial charge in [-0.1, -0.05) is 13.0 Å². The first-order valence-electron chi connectivity index (χ1n) is 6.22. The fourth-order valence-corrected chi connectivity index (χ4v) is 2.10. The van der Waals surface area contributed by atoms with E-state index >= 15 is 0 Å². The van der Waals surface area contributed by atoms with E-state index in [1.807, 2.05) is 24.4 Å². The zero-order chi connectivity index (χ0) is 11.2. The molecule has 16 heavy (non-hydrogen) atoms. The Bertz CT molecular complexity index is 291. The van der Waals surface area contributed by atoms with Crippen molar-refractivity contribution in [2.45, 2.75) is 19.8 Å². The van der Waals surface area contributed by atoms with Crippen molar-refractivity contribution in [1.82, 2.24) is 9.88 Å². The molecule has 2 rings (SSSR count). The maximum atomic E-state index is 4.24. The summed E-state index contributed by atoms with van der Waals surface area (Å²) in [5, 5.41) is 3.35. The van der Waals surface area contributed by atoms with Crippen LogP contribution in [0.3, 0.4) is 0 Å². The zero-order valence-electron chi connectivity index (χ0n) is 10.0. The molecule has 0 saturated carbocycles. The summed E-state index contributed by atoms with van der Waals surface area (Å²) < 4.78 is 0. The molecular formula is C13H21N3. The van der Waals surface area contributed by atoms with Gasteiger partial charge < -0.3 is 10.2 Å². The smallest absolute Gasteiger partial charge is 0.125 e. The molecule has 0 aliphatic carbocycles. The highest BCUT2D eigenvalue weighted by molar-refractivity contribution is 5.32. The summed E-state index contributed by atoms with van der Waals surface area (Å²) in [5.74, 6) is 1.90. The summed E-state index contributed by atoms with van der Waals surface area (Å²) in [6, 6.07) is 5.97. The van der Waals surface area contributed by atoms with Crippen LogP contribution in [-0.4, -0.2) is 36.1 Å². The fraction of sp³-hybridized carbons (Fsp3) is 0.615. The Morgan fingerprint density at radius 2 is 2.19 bits per heavy atom. The van der Waals surface area contributed by atoms with Crippen LogP contribution in [0.1, 0.15) is 19.8 Å². The fourth-order valence-electron chi connectivity index (χ4n) is 2.10. The number of nitrogens with zero attached hydrogens (tertiary/aromatic N) is 2. The number of pyridine rings is 1. The Hall–Kier alpha value is -1.09. The van der Waals surface area contributed by atoms with Crippen LogP contribution in [0, 0.1) is 5.92 Å². The second-order valence-corrected chi connectivity index (χ2v) is 4.67. The first-order chi connectivity index (χ1) is 7.84. The number of piperidine rings is 1. The van der Waals surface area contributed by atoms with Gasteiger partial charge in [-0.15, -0.1) is 0 Å². The van der Waals surface area contributed by atoms with Gasteiger partial charge in [-0.2, -0.15) is 0 Å². The van der Waals surface area contributed by atoms with Gasteiger partial charge in [0.05, 0.1) is 0 Å². The maximum Gasteiger partial charge on any atom is 0.125 e. The molecule has 1 N–H and O–H groups in total. The van der Waals surface area contributed by atoms with E-state index in [2.05, 4.69) is 22.1 Å². The normalized spacial score (nSPS) is 18.6. The molecule has 1 aliphatic heterocycles. The summed E-state index contributed by atoms with van der Waals surface area (Å²) in [6.45, 7) is 6.98. The lowest BCUT2D eigenvalue weighted by Gasteiger charge is -2.30. The van der Waals surface area contributed by atoms with Gasteiger partial charge in [0.1, 0.15) is 5.82 Å². The SMILES string of the molecule is CC1CCN(CCNc2ccccn2)CC1. The minimum absolute atomic E-state index is 0.917. The Morgan fingerprint density at radius 3 is 2.88 bits per heavy atom. The van der Waals surface area contributed by atoms with Crippen LogP contribution in [0.25, 0.3) is 0 Å². The monoisotopic (exact) mass is 219 g/mol. The molecule has 1 aromatic heterocycles. The number of aromatic nitrogens is 1. The predicted octanol–water partition coefficient (Wildman–Crippen LogP) is 2.23. The van der Waals surface area contributed by atoms with Crippen molar-refractivity contribution in [2.24, 2.45) is 5.92 Å². The van der Waals surface area contributed by atoms with E-state index in [4.69, 9.17) is 0 Å². The van der Waals surface area contributed by atoms with Crippen LogP contribution in [0.5, 0.6) is 0 Å². The minimum Gasteiger partial charge on any atom is -0.369 e. The van der Waals surface area contributed by atoms with Crippen LogP contribution in [0.2, 0.25) is 0 Å². The van der Waals surface area contributed by atoms with Gasteiger partial charge in [0.15, 0.2) is 0 Å². The molecule has 1 aliphatic rings. The van der Waals surface area contributed by atoms with Crippen molar-refractivity contribution in [3.8, 4) is 0 Å². The van der Waals surface area contributed by atoms with Crippen LogP contribution in [0.4, 0.5) is 5.82 Å². The first-order valence-corrected chi connectivity index (χ1v) is 6.22. The van der Waals surface area contributed by atoms with Gasteiger partial charge in [0.25, 0.3) is 0 Å². The highest BCUT2D eigenvalue weighted by atomic mass is 15.1. The van der Waals surface area contributed by atoms with Crippen molar-refractivity contribution in [3.63, 3.8) is 0 Å². The summed E-state index contributed by atoms with van der Waals surface area (Å²) >= 11 is 0. The second kappa shape index (κ2) is 5.85. The van der Waals surface area contributed by atoms with Crippen molar-refractivity contribution in [3.05, 3.63) is 24.4 Å². The van der Waals surface area contributed by atoms with Gasteiger partial charge in [-0.3, -0.25) is 0 Å². The lowest BCUT2D eigenvalue weighted by atomic mass is 9.99. The van der Waals surface area contributed by atoms with E-state index in [1.54, 1.807) is 0 Å². The van der Waals surface area contributed by atoms with Gasteiger partial charge >= 0.3 is 0 Å². The highest BCUT2D eigenvalue weighted by Gasteiger charge is 2.14. The highest BCUT2D eigenvalue weighted by Crippen LogP contribution is 2.15. The summed E-state index contributed by atoms with van der Waals surface area (Å²) in [6.07, 6.45) is 4.53. The number of anilines is 1. The largest absolute Gasteiger partial charge is 0.369 e. The molecule has 0 aromatic carbocycles. The van der Waals surface area contributed by atoms with Crippen LogP contribution >= 0.6 is 0 Å². The molecule has 1 fully saturated rings. The van der Waals surface area contributed by atoms with Gasteiger partial charge in [-0.25, -0.2) is 4.98 Å². The Labute approximate surface area is 97.9 Å². The number of rotatable bonds is 4. The summed E-state index contributed by atoms with van der Waals surface area (Å²) in [4.78, 5) is 6.78. The molecule has 1 aromatic rings. The third kappa shape index (κ3) is 3.49. The van der Waals surface area contributed by atoms with E-state index in [9.17, 15) is 0 Å². The lowest BCUT2D eigenvalue weighted by molar-refractivity contribution is 0.199. The topological polar surface area (TPSA) is 28.2 Å². The van der Waals surface area contributed by atoms with Crippen molar-refractivity contribution >= 4 is 5.82 Å². The molecular weight excluding hydrogens is 198 g/mol. The van der Waals surface area contributed by atoms with Crippen molar-refractivity contribution in [1.29, 1.82) is 0 Å². The lowest BCUT2D eigenvalue weighted by Crippen LogP contribution is -2.36. The molecule has 0 amide bonds. The average Bonchev–Trinajstić information content (AvgIpc) is 2.33. The molecule has 2 heterocycles. The van der Waals surface area contributed by atoms with Crippen LogP contribution in [-0.2, 0) is 0 Å². The van der Waals surface area contributed by atoms with E-state index < -0.39 is 0 Å². The van der Waals surface area contributed by atoms with E-state index in [0.717, 1.165) is 24.8 Å². The Kier molecular flexibility index (Phi) is 4.17. The van der Waals surface area contributed by atoms with E-state index in [-0.39, 0.29) is 0 Å². The molecule has 0 radical (unpaired) electrons. The van der Waals surface area contributed by atoms with Crippen molar-refractivity contribution in [2.75, 3.05) is 31.5 Å². The number of hydrogen-bond donors (Lipinski definition) is 1. The number of hydrogen-bond acceptors (Lipinski definition) is 3. The predicted molar refractivity (Wildman–Crippen MR) is 67.6 cm³/mol. The van der Waals surface area contributed by atoms with Crippen LogP contribution in [0.15, 0.2) is 24.4 Å². The summed E-state index contributed by atoms with van der Waals surface area (Å²) in [7, 11) is 0.